The molecule has 0 spiro atoms. The number of rotatable bonds is 13. The van der Waals surface area contributed by atoms with Crippen molar-refractivity contribution in [3.63, 3.8) is 0 Å². The van der Waals surface area contributed by atoms with Gasteiger partial charge >= 0.3 is 10.2 Å². The van der Waals surface area contributed by atoms with Crippen LogP contribution in [0.5, 0.6) is 0 Å². The topological polar surface area (TPSA) is 90.0 Å². The first-order chi connectivity index (χ1) is 19.4. The molecule has 220 valence electrons. The predicted octanol–water partition coefficient (Wildman–Crippen LogP) is 4.76. The first kappa shape index (κ1) is 32.2. The van der Waals surface area contributed by atoms with E-state index in [-0.39, 0.29) is 30.6 Å². The number of amides is 2. The molecule has 3 aromatic rings. The van der Waals surface area contributed by atoms with Crippen LogP contribution < -0.4 is 9.62 Å². The molecule has 2 atom stereocenters. The first-order valence-electron chi connectivity index (χ1n) is 13.3. The van der Waals surface area contributed by atoms with Crippen LogP contribution in [0.2, 0.25) is 0 Å². The van der Waals surface area contributed by atoms with E-state index in [9.17, 15) is 22.4 Å². The molecular formula is C30H36BrFN4O4S. The summed E-state index contributed by atoms with van der Waals surface area (Å²) < 4.78 is 44.1. The van der Waals surface area contributed by atoms with Gasteiger partial charge in [-0.15, -0.1) is 0 Å². The average Bonchev–Trinajstić information content (AvgIpc) is 2.94. The molecule has 0 aliphatic carbocycles. The quantitative estimate of drug-likeness (QED) is 0.290. The van der Waals surface area contributed by atoms with Gasteiger partial charge in [0.15, 0.2) is 0 Å². The third-order valence-corrected chi connectivity index (χ3v) is 8.95. The zero-order valence-electron chi connectivity index (χ0n) is 23.6. The normalized spacial score (nSPS) is 13.0. The van der Waals surface area contributed by atoms with E-state index in [2.05, 4.69) is 21.2 Å². The maximum Gasteiger partial charge on any atom is 0.304 e. The Balaban J connectivity index is 2.11. The van der Waals surface area contributed by atoms with Gasteiger partial charge in [-0.1, -0.05) is 77.5 Å². The zero-order chi connectivity index (χ0) is 30.2. The van der Waals surface area contributed by atoms with E-state index in [1.165, 1.54) is 37.2 Å². The maximum absolute atomic E-state index is 14.9. The molecule has 2 amide bonds. The molecule has 8 nitrogen and oxygen atoms in total. The van der Waals surface area contributed by atoms with Crippen LogP contribution in [0.1, 0.15) is 31.4 Å². The largest absolute Gasteiger partial charge is 0.352 e. The van der Waals surface area contributed by atoms with Crippen LogP contribution in [0.3, 0.4) is 0 Å². The lowest BCUT2D eigenvalue weighted by Gasteiger charge is -2.35. The zero-order valence-corrected chi connectivity index (χ0v) is 26.0. The molecule has 0 aliphatic rings. The van der Waals surface area contributed by atoms with Crippen LogP contribution >= 0.6 is 15.9 Å². The second-order valence-corrected chi connectivity index (χ2v) is 12.9. The molecule has 2 unspecified atom stereocenters. The summed E-state index contributed by atoms with van der Waals surface area (Å²) in [6, 6.07) is 20.9. The van der Waals surface area contributed by atoms with Crippen LogP contribution in [0.4, 0.5) is 10.1 Å². The molecule has 0 aromatic heterocycles. The van der Waals surface area contributed by atoms with Crippen LogP contribution in [0.25, 0.3) is 0 Å². The Labute approximate surface area is 250 Å². The SMILES string of the molecule is CCC(C)NC(=O)C(Cc1ccccc1)N(Cc1cccc(Br)c1)C(=O)CN(c1ccccc1F)S(=O)(=O)N(C)C. The van der Waals surface area contributed by atoms with Crippen molar-refractivity contribution in [3.05, 3.63) is 100 Å². The third-order valence-electron chi connectivity index (χ3n) is 6.65. The Morgan fingerprint density at radius 2 is 1.59 bits per heavy atom. The summed E-state index contributed by atoms with van der Waals surface area (Å²) >= 11 is 3.45. The number of nitrogens with zero attached hydrogens (tertiary/aromatic N) is 3. The second kappa shape index (κ2) is 14.6. The van der Waals surface area contributed by atoms with Crippen molar-refractivity contribution in [2.24, 2.45) is 0 Å². The monoisotopic (exact) mass is 646 g/mol. The molecule has 0 saturated heterocycles. The lowest BCUT2D eigenvalue weighted by Crippen LogP contribution is -2.55. The Hall–Kier alpha value is -3.28. The summed E-state index contributed by atoms with van der Waals surface area (Å²) in [6.45, 7) is 3.13. The molecule has 0 bridgehead atoms. The molecular weight excluding hydrogens is 611 g/mol. The van der Waals surface area contributed by atoms with Gasteiger partial charge in [0.25, 0.3) is 0 Å². The van der Waals surface area contributed by atoms with Gasteiger partial charge in [-0.3, -0.25) is 9.59 Å². The summed E-state index contributed by atoms with van der Waals surface area (Å²) in [5.74, 6) is -1.81. The predicted molar refractivity (Wildman–Crippen MR) is 163 cm³/mol. The number of carbonyl (C=O) groups is 2. The van der Waals surface area contributed by atoms with Gasteiger partial charge in [0.2, 0.25) is 11.8 Å². The number of halogens is 2. The van der Waals surface area contributed by atoms with E-state index in [0.29, 0.717) is 6.42 Å². The van der Waals surface area contributed by atoms with E-state index < -0.39 is 34.5 Å². The summed E-state index contributed by atoms with van der Waals surface area (Å²) in [5, 5.41) is 2.98. The number of hydrogen-bond donors (Lipinski definition) is 1. The molecule has 0 fully saturated rings. The molecule has 3 aromatic carbocycles. The van der Waals surface area contributed by atoms with Gasteiger partial charge < -0.3 is 10.2 Å². The molecule has 0 heterocycles. The maximum atomic E-state index is 14.9. The average molecular weight is 648 g/mol. The number of nitrogens with one attached hydrogen (secondary N) is 1. The van der Waals surface area contributed by atoms with Crippen LogP contribution in [-0.2, 0) is 32.8 Å². The van der Waals surface area contributed by atoms with Gasteiger partial charge in [-0.25, -0.2) is 8.70 Å². The fourth-order valence-electron chi connectivity index (χ4n) is 4.18. The molecule has 0 saturated carbocycles. The minimum absolute atomic E-state index is 0.0246. The Kier molecular flexibility index (Phi) is 11.5. The smallest absolute Gasteiger partial charge is 0.304 e. The van der Waals surface area contributed by atoms with Crippen molar-refractivity contribution in [2.75, 3.05) is 24.9 Å². The first-order valence-corrected chi connectivity index (χ1v) is 15.5. The summed E-state index contributed by atoms with van der Waals surface area (Å²) in [7, 11) is -1.66. The Bertz CT molecular complexity index is 1440. The molecule has 0 radical (unpaired) electrons. The molecule has 1 N–H and O–H groups in total. The Morgan fingerprint density at radius 3 is 2.20 bits per heavy atom. The van der Waals surface area contributed by atoms with Gasteiger partial charge in [-0.05, 0) is 48.7 Å². The van der Waals surface area contributed by atoms with Crippen LogP contribution in [0, 0.1) is 5.82 Å². The van der Waals surface area contributed by atoms with Crippen molar-refractivity contribution >= 4 is 43.6 Å². The fraction of sp³-hybridized carbons (Fsp3) is 0.333. The standard InChI is InChI=1S/C30H36BrFN4O4S/c1-5-22(2)33-30(38)28(19-23-12-7-6-8-13-23)35(20-24-14-11-15-25(31)18-24)29(37)21-36(41(39,40)34(3)4)27-17-10-9-16-26(27)32/h6-18,22,28H,5,19-21H2,1-4H3,(H,33,38). The van der Waals surface area contributed by atoms with E-state index >= 15 is 0 Å². The number of benzene rings is 3. The molecule has 41 heavy (non-hydrogen) atoms. The van der Waals surface area contributed by atoms with Crippen molar-refractivity contribution in [1.82, 2.24) is 14.5 Å². The molecule has 3 rings (SSSR count). The minimum atomic E-state index is -4.28. The fourth-order valence-corrected chi connectivity index (χ4v) is 5.69. The van der Waals surface area contributed by atoms with E-state index in [1.807, 2.05) is 68.4 Å². The van der Waals surface area contributed by atoms with E-state index in [1.54, 1.807) is 0 Å². The Morgan fingerprint density at radius 1 is 0.951 bits per heavy atom. The summed E-state index contributed by atoms with van der Waals surface area (Å²) in [4.78, 5) is 29.3. The molecule has 0 aliphatic heterocycles. The van der Waals surface area contributed by atoms with Gasteiger partial charge in [0.05, 0.1) is 5.69 Å². The lowest BCUT2D eigenvalue weighted by molar-refractivity contribution is -0.140. The number of anilines is 1. The van der Waals surface area contributed by atoms with Crippen molar-refractivity contribution in [1.29, 1.82) is 0 Å². The highest BCUT2D eigenvalue weighted by Crippen LogP contribution is 2.25. The minimum Gasteiger partial charge on any atom is -0.352 e. The van der Waals surface area contributed by atoms with Crippen LogP contribution in [0.15, 0.2) is 83.3 Å². The number of para-hydroxylation sites is 1. The van der Waals surface area contributed by atoms with Gasteiger partial charge in [-0.2, -0.15) is 12.7 Å². The number of hydrogen-bond acceptors (Lipinski definition) is 4. The highest BCUT2D eigenvalue weighted by atomic mass is 79.9. The van der Waals surface area contributed by atoms with E-state index in [4.69, 9.17) is 0 Å². The third kappa shape index (κ3) is 8.61. The van der Waals surface area contributed by atoms with Crippen LogP contribution in [-0.4, -0.2) is 62.2 Å². The summed E-state index contributed by atoms with van der Waals surface area (Å²) in [6.07, 6.45) is 0.883. The van der Waals surface area contributed by atoms with Crippen molar-refractivity contribution in [2.45, 2.75) is 45.3 Å². The van der Waals surface area contributed by atoms with Crippen molar-refractivity contribution < 1.29 is 22.4 Å². The second-order valence-electron chi connectivity index (χ2n) is 9.92. The van der Waals surface area contributed by atoms with E-state index in [0.717, 1.165) is 30.3 Å². The number of carbonyl (C=O) groups excluding carboxylic acids is 2. The van der Waals surface area contributed by atoms with Gasteiger partial charge in [0, 0.05) is 37.6 Å². The van der Waals surface area contributed by atoms with Gasteiger partial charge in [0.1, 0.15) is 18.4 Å². The molecule has 11 heteroatoms. The lowest BCUT2D eigenvalue weighted by atomic mass is 10.0. The summed E-state index contributed by atoms with van der Waals surface area (Å²) in [5.41, 5.74) is 1.30. The van der Waals surface area contributed by atoms with Crippen molar-refractivity contribution in [3.8, 4) is 0 Å². The highest BCUT2D eigenvalue weighted by molar-refractivity contribution is 9.10. The highest BCUT2D eigenvalue weighted by Gasteiger charge is 2.35.